The summed E-state index contributed by atoms with van der Waals surface area (Å²) in [4.78, 5) is 0. The number of benzene rings is 1. The predicted octanol–water partition coefficient (Wildman–Crippen LogP) is 2.93. The molecule has 0 saturated heterocycles. The zero-order valence-electron chi connectivity index (χ0n) is 13.2. The third kappa shape index (κ3) is 2.86. The van der Waals surface area contributed by atoms with Crippen LogP contribution >= 0.6 is 0 Å². The second-order valence-electron chi connectivity index (χ2n) is 6.02. The lowest BCUT2D eigenvalue weighted by Gasteiger charge is -2.24. The molecule has 4 heteroatoms. The Morgan fingerprint density at radius 2 is 2.10 bits per heavy atom. The molecule has 21 heavy (non-hydrogen) atoms. The molecule has 1 aliphatic rings. The molecular formula is C17H24N4. The average Bonchev–Trinajstić information content (AvgIpc) is 2.88. The highest BCUT2D eigenvalue weighted by Gasteiger charge is 2.23. The van der Waals surface area contributed by atoms with Crippen molar-refractivity contribution in [3.8, 4) is 0 Å². The molecule has 3 rings (SSSR count). The molecule has 1 N–H and O–H groups in total. The first-order valence-electron chi connectivity index (χ1n) is 7.90. The van der Waals surface area contributed by atoms with Crippen LogP contribution in [0.5, 0.6) is 0 Å². The van der Waals surface area contributed by atoms with Crippen molar-refractivity contribution in [1.29, 1.82) is 0 Å². The Morgan fingerprint density at radius 1 is 1.24 bits per heavy atom. The highest BCUT2D eigenvalue weighted by Crippen LogP contribution is 2.22. The summed E-state index contributed by atoms with van der Waals surface area (Å²) in [6, 6.07) is 7.03. The Morgan fingerprint density at radius 3 is 2.86 bits per heavy atom. The molecule has 0 saturated carbocycles. The molecule has 0 amide bonds. The molecule has 1 aromatic heterocycles. The van der Waals surface area contributed by atoms with Crippen LogP contribution in [0.25, 0.3) is 0 Å². The van der Waals surface area contributed by atoms with Crippen LogP contribution in [0.4, 0.5) is 0 Å². The van der Waals surface area contributed by atoms with Gasteiger partial charge in [0.1, 0.15) is 11.6 Å². The van der Waals surface area contributed by atoms with Gasteiger partial charge in [-0.25, -0.2) is 0 Å². The van der Waals surface area contributed by atoms with Crippen molar-refractivity contribution in [2.75, 3.05) is 6.54 Å². The fourth-order valence-corrected chi connectivity index (χ4v) is 3.04. The van der Waals surface area contributed by atoms with Gasteiger partial charge >= 0.3 is 0 Å². The minimum absolute atomic E-state index is 0.366. The predicted molar refractivity (Wildman–Crippen MR) is 84.4 cm³/mol. The lowest BCUT2D eigenvalue weighted by molar-refractivity contribution is 0.388. The van der Waals surface area contributed by atoms with E-state index in [0.717, 1.165) is 44.0 Å². The standard InChI is InChI=1S/C17H24N4/c1-4-5-15-17-20-19-16(21(17)9-8-18-15)11-14-7-6-12(2)13(3)10-14/h6-7,10,15,18H,4-5,8-9,11H2,1-3H3. The van der Waals surface area contributed by atoms with Crippen LogP contribution in [0.15, 0.2) is 18.2 Å². The van der Waals surface area contributed by atoms with E-state index in [1.54, 1.807) is 0 Å². The number of fused-ring (bicyclic) bond motifs is 1. The first kappa shape index (κ1) is 14.3. The Hall–Kier alpha value is -1.68. The molecule has 4 nitrogen and oxygen atoms in total. The maximum atomic E-state index is 4.45. The topological polar surface area (TPSA) is 42.7 Å². The van der Waals surface area contributed by atoms with E-state index in [-0.39, 0.29) is 0 Å². The van der Waals surface area contributed by atoms with Gasteiger partial charge in [0.15, 0.2) is 0 Å². The smallest absolute Gasteiger partial charge is 0.150 e. The van der Waals surface area contributed by atoms with Crippen LogP contribution in [0, 0.1) is 13.8 Å². The number of hydrogen-bond donors (Lipinski definition) is 1. The van der Waals surface area contributed by atoms with Gasteiger partial charge in [-0.15, -0.1) is 10.2 Å². The second kappa shape index (κ2) is 5.98. The van der Waals surface area contributed by atoms with E-state index >= 15 is 0 Å². The summed E-state index contributed by atoms with van der Waals surface area (Å²) < 4.78 is 2.31. The van der Waals surface area contributed by atoms with E-state index in [2.05, 4.69) is 59.1 Å². The van der Waals surface area contributed by atoms with Gasteiger partial charge in [-0.05, 0) is 37.0 Å². The van der Waals surface area contributed by atoms with Gasteiger partial charge in [-0.3, -0.25) is 0 Å². The molecule has 1 aromatic carbocycles. The van der Waals surface area contributed by atoms with E-state index in [4.69, 9.17) is 0 Å². The number of nitrogens with one attached hydrogen (secondary N) is 1. The van der Waals surface area contributed by atoms with Crippen molar-refractivity contribution in [2.24, 2.45) is 0 Å². The van der Waals surface area contributed by atoms with Crippen LogP contribution in [0.2, 0.25) is 0 Å². The van der Waals surface area contributed by atoms with Gasteiger partial charge in [0.25, 0.3) is 0 Å². The fourth-order valence-electron chi connectivity index (χ4n) is 3.04. The summed E-state index contributed by atoms with van der Waals surface area (Å²) in [6.07, 6.45) is 3.16. The normalized spacial score (nSPS) is 17.8. The van der Waals surface area contributed by atoms with E-state index < -0.39 is 0 Å². The van der Waals surface area contributed by atoms with Crippen molar-refractivity contribution < 1.29 is 0 Å². The number of aromatic nitrogens is 3. The Labute approximate surface area is 126 Å². The van der Waals surface area contributed by atoms with Gasteiger partial charge in [0.05, 0.1) is 6.04 Å². The minimum Gasteiger partial charge on any atom is -0.312 e. The molecule has 112 valence electrons. The molecule has 2 aromatic rings. The first-order valence-corrected chi connectivity index (χ1v) is 7.90. The number of hydrogen-bond acceptors (Lipinski definition) is 3. The zero-order valence-corrected chi connectivity index (χ0v) is 13.2. The molecule has 0 radical (unpaired) electrons. The van der Waals surface area contributed by atoms with Gasteiger partial charge < -0.3 is 9.88 Å². The van der Waals surface area contributed by atoms with E-state index in [1.165, 1.54) is 16.7 Å². The van der Waals surface area contributed by atoms with Gasteiger partial charge in [-0.2, -0.15) is 0 Å². The summed E-state index contributed by atoms with van der Waals surface area (Å²) in [7, 11) is 0. The maximum Gasteiger partial charge on any atom is 0.150 e. The van der Waals surface area contributed by atoms with E-state index in [1.807, 2.05) is 0 Å². The Kier molecular flexibility index (Phi) is 4.06. The van der Waals surface area contributed by atoms with Crippen LogP contribution in [0.3, 0.4) is 0 Å². The summed E-state index contributed by atoms with van der Waals surface area (Å²) in [5, 5.41) is 12.4. The van der Waals surface area contributed by atoms with Crippen molar-refractivity contribution in [2.45, 2.75) is 52.6 Å². The lowest BCUT2D eigenvalue weighted by atomic mass is 10.0. The molecule has 1 atom stereocenters. The third-order valence-electron chi connectivity index (χ3n) is 4.40. The Bertz CT molecular complexity index is 630. The van der Waals surface area contributed by atoms with Crippen LogP contribution < -0.4 is 5.32 Å². The number of nitrogens with zero attached hydrogens (tertiary/aromatic N) is 3. The largest absolute Gasteiger partial charge is 0.312 e. The molecule has 0 spiro atoms. The Balaban J connectivity index is 1.85. The van der Waals surface area contributed by atoms with Gasteiger partial charge in [0.2, 0.25) is 0 Å². The van der Waals surface area contributed by atoms with Crippen LogP contribution in [-0.4, -0.2) is 21.3 Å². The summed E-state index contributed by atoms with van der Waals surface area (Å²) >= 11 is 0. The first-order chi connectivity index (χ1) is 10.2. The molecule has 2 heterocycles. The highest BCUT2D eigenvalue weighted by atomic mass is 15.3. The average molecular weight is 284 g/mol. The summed E-state index contributed by atoms with van der Waals surface area (Å²) in [6.45, 7) is 8.52. The van der Waals surface area contributed by atoms with E-state index in [9.17, 15) is 0 Å². The minimum atomic E-state index is 0.366. The molecule has 1 aliphatic heterocycles. The second-order valence-corrected chi connectivity index (χ2v) is 6.02. The monoisotopic (exact) mass is 284 g/mol. The zero-order chi connectivity index (χ0) is 14.8. The van der Waals surface area contributed by atoms with Crippen LogP contribution in [0.1, 0.15) is 54.1 Å². The third-order valence-corrected chi connectivity index (χ3v) is 4.40. The van der Waals surface area contributed by atoms with Crippen molar-refractivity contribution in [1.82, 2.24) is 20.1 Å². The van der Waals surface area contributed by atoms with Gasteiger partial charge in [0, 0.05) is 19.5 Å². The van der Waals surface area contributed by atoms with Gasteiger partial charge in [-0.1, -0.05) is 31.5 Å². The quantitative estimate of drug-likeness (QED) is 0.938. The molecule has 0 bridgehead atoms. The van der Waals surface area contributed by atoms with Crippen LogP contribution in [-0.2, 0) is 13.0 Å². The summed E-state index contributed by atoms with van der Waals surface area (Å²) in [5.74, 6) is 2.21. The lowest BCUT2D eigenvalue weighted by Crippen LogP contribution is -2.34. The van der Waals surface area contributed by atoms with E-state index in [0.29, 0.717) is 6.04 Å². The van der Waals surface area contributed by atoms with Crippen molar-refractivity contribution in [3.63, 3.8) is 0 Å². The maximum absolute atomic E-state index is 4.45. The van der Waals surface area contributed by atoms with Crippen molar-refractivity contribution >= 4 is 0 Å². The molecule has 0 fully saturated rings. The molecule has 1 unspecified atom stereocenters. The van der Waals surface area contributed by atoms with Crippen molar-refractivity contribution in [3.05, 3.63) is 46.5 Å². The molecule has 0 aliphatic carbocycles. The number of aryl methyl sites for hydroxylation is 2. The molecular weight excluding hydrogens is 260 g/mol. The SMILES string of the molecule is CCCC1NCCn2c(Cc3ccc(C)c(C)c3)nnc21. The number of rotatable bonds is 4. The highest BCUT2D eigenvalue weighted by molar-refractivity contribution is 5.31. The summed E-state index contributed by atoms with van der Waals surface area (Å²) in [5.41, 5.74) is 4.00. The fraction of sp³-hybridized carbons (Fsp3) is 0.529.